The second-order valence-corrected chi connectivity index (χ2v) is 5.61. The molecule has 26 heavy (non-hydrogen) atoms. The molecule has 0 saturated carbocycles. The Kier molecular flexibility index (Phi) is 11.9. The first-order valence-corrected chi connectivity index (χ1v) is 8.34. The molecule has 8 heteroatoms. The third-order valence-corrected chi connectivity index (χ3v) is 2.88. The molecule has 0 fully saturated rings. The second-order valence-electron chi connectivity index (χ2n) is 5.61. The van der Waals surface area contributed by atoms with Crippen molar-refractivity contribution in [2.24, 2.45) is 0 Å². The first-order chi connectivity index (χ1) is 12.2. The minimum atomic E-state index is -0.114. The summed E-state index contributed by atoms with van der Waals surface area (Å²) in [7, 11) is 0. The fourth-order valence-electron chi connectivity index (χ4n) is 1.82. The van der Waals surface area contributed by atoms with Crippen molar-refractivity contribution in [3.63, 3.8) is 0 Å². The SMILES string of the molecule is CC(=O)NCCCCNC(C)=O.CC(=O)Nc1ccc(NC(C)=O)cc1. The molecule has 0 aliphatic heterocycles. The third kappa shape index (κ3) is 14.7. The maximum Gasteiger partial charge on any atom is 0.221 e. The summed E-state index contributed by atoms with van der Waals surface area (Å²) in [6.45, 7) is 7.26. The predicted octanol–water partition coefficient (Wildman–Crippen LogP) is 1.64. The number of amides is 4. The number of carbonyl (C=O) groups excluding carboxylic acids is 4. The standard InChI is InChI=1S/C10H12N2O2.C8H16N2O2/c1-7(13)11-9-3-5-10(6-4-9)12-8(2)14;1-7(11)9-5-3-4-6-10-8(2)12/h3-6H,1-2H3,(H,11,13)(H,12,14);3-6H2,1-2H3,(H,9,11)(H,10,12). The summed E-state index contributed by atoms with van der Waals surface area (Å²) >= 11 is 0. The highest BCUT2D eigenvalue weighted by molar-refractivity contribution is 5.91. The Morgan fingerprint density at radius 1 is 0.615 bits per heavy atom. The lowest BCUT2D eigenvalue weighted by Crippen LogP contribution is -2.24. The van der Waals surface area contributed by atoms with Crippen LogP contribution in [0.1, 0.15) is 40.5 Å². The number of anilines is 2. The summed E-state index contributed by atoms with van der Waals surface area (Å²) in [5, 5.41) is 10.6. The second kappa shape index (κ2) is 13.4. The van der Waals surface area contributed by atoms with E-state index in [1.807, 2.05) is 0 Å². The monoisotopic (exact) mass is 364 g/mol. The maximum atomic E-state index is 10.7. The maximum absolute atomic E-state index is 10.7. The molecular formula is C18H28N4O4. The zero-order valence-electron chi connectivity index (χ0n) is 15.8. The zero-order chi connectivity index (χ0) is 19.9. The quantitative estimate of drug-likeness (QED) is 0.550. The Labute approximate surface area is 154 Å². The molecule has 0 aromatic heterocycles. The summed E-state index contributed by atoms with van der Waals surface area (Å²) in [4.78, 5) is 42.2. The van der Waals surface area contributed by atoms with E-state index in [2.05, 4.69) is 21.3 Å². The van der Waals surface area contributed by atoms with Crippen molar-refractivity contribution >= 4 is 35.0 Å². The number of rotatable bonds is 7. The van der Waals surface area contributed by atoms with Gasteiger partial charge >= 0.3 is 0 Å². The summed E-state index contributed by atoms with van der Waals surface area (Å²) < 4.78 is 0. The molecule has 0 aliphatic rings. The van der Waals surface area contributed by atoms with Crippen LogP contribution < -0.4 is 21.3 Å². The van der Waals surface area contributed by atoms with Crippen LogP contribution in [0.4, 0.5) is 11.4 Å². The van der Waals surface area contributed by atoms with Crippen molar-refractivity contribution in [2.75, 3.05) is 23.7 Å². The van der Waals surface area contributed by atoms with Crippen LogP contribution in [0.15, 0.2) is 24.3 Å². The molecular weight excluding hydrogens is 336 g/mol. The molecule has 1 rings (SSSR count). The van der Waals surface area contributed by atoms with Gasteiger partial charge in [-0.1, -0.05) is 0 Å². The Bertz CT molecular complexity index is 547. The van der Waals surface area contributed by atoms with Crippen LogP contribution in [0.25, 0.3) is 0 Å². The molecule has 1 aromatic carbocycles. The van der Waals surface area contributed by atoms with E-state index in [1.54, 1.807) is 24.3 Å². The lowest BCUT2D eigenvalue weighted by molar-refractivity contribution is -0.120. The number of nitrogens with one attached hydrogen (secondary N) is 4. The van der Waals surface area contributed by atoms with E-state index >= 15 is 0 Å². The molecule has 8 nitrogen and oxygen atoms in total. The van der Waals surface area contributed by atoms with Crippen LogP contribution >= 0.6 is 0 Å². The molecule has 0 bridgehead atoms. The van der Waals surface area contributed by atoms with Crippen molar-refractivity contribution in [1.29, 1.82) is 0 Å². The summed E-state index contributed by atoms with van der Waals surface area (Å²) in [5.74, 6) is -0.237. The molecule has 0 heterocycles. The molecule has 0 radical (unpaired) electrons. The van der Waals surface area contributed by atoms with Crippen LogP contribution in [0.2, 0.25) is 0 Å². The topological polar surface area (TPSA) is 116 Å². The van der Waals surface area contributed by atoms with E-state index in [4.69, 9.17) is 0 Å². The zero-order valence-corrected chi connectivity index (χ0v) is 15.8. The van der Waals surface area contributed by atoms with Gasteiger partial charge in [0.05, 0.1) is 0 Å². The number of hydrogen-bond donors (Lipinski definition) is 4. The van der Waals surface area contributed by atoms with E-state index in [0.29, 0.717) is 24.5 Å². The van der Waals surface area contributed by atoms with E-state index < -0.39 is 0 Å². The minimum absolute atomic E-state index is 0.00507. The van der Waals surface area contributed by atoms with E-state index in [0.717, 1.165) is 12.8 Å². The van der Waals surface area contributed by atoms with Gasteiger partial charge in [-0.15, -0.1) is 0 Å². The van der Waals surface area contributed by atoms with Gasteiger partial charge < -0.3 is 21.3 Å². The smallest absolute Gasteiger partial charge is 0.221 e. The summed E-state index contributed by atoms with van der Waals surface area (Å²) in [5.41, 5.74) is 1.43. The van der Waals surface area contributed by atoms with Crippen molar-refractivity contribution in [2.45, 2.75) is 40.5 Å². The molecule has 0 unspecified atom stereocenters. The molecule has 4 amide bonds. The van der Waals surface area contributed by atoms with Gasteiger partial charge in [-0.25, -0.2) is 0 Å². The first kappa shape index (κ1) is 23.1. The van der Waals surface area contributed by atoms with Crippen molar-refractivity contribution in [3.8, 4) is 0 Å². The van der Waals surface area contributed by atoms with Crippen molar-refractivity contribution < 1.29 is 19.2 Å². The van der Waals surface area contributed by atoms with Crippen LogP contribution in [-0.4, -0.2) is 36.7 Å². The predicted molar refractivity (Wildman–Crippen MR) is 102 cm³/mol. The van der Waals surface area contributed by atoms with Gasteiger partial charge in [0, 0.05) is 52.2 Å². The highest BCUT2D eigenvalue weighted by Gasteiger charge is 1.97. The van der Waals surface area contributed by atoms with Crippen molar-refractivity contribution in [3.05, 3.63) is 24.3 Å². The molecule has 4 N–H and O–H groups in total. The number of carbonyl (C=O) groups is 4. The number of hydrogen-bond acceptors (Lipinski definition) is 4. The van der Waals surface area contributed by atoms with Gasteiger partial charge in [0.2, 0.25) is 23.6 Å². The van der Waals surface area contributed by atoms with Gasteiger partial charge in [0.25, 0.3) is 0 Å². The lowest BCUT2D eigenvalue weighted by Gasteiger charge is -2.04. The Morgan fingerprint density at radius 2 is 0.923 bits per heavy atom. The minimum Gasteiger partial charge on any atom is -0.356 e. The largest absolute Gasteiger partial charge is 0.356 e. The van der Waals surface area contributed by atoms with Gasteiger partial charge in [-0.05, 0) is 37.1 Å². The average molecular weight is 364 g/mol. The summed E-state index contributed by atoms with van der Waals surface area (Å²) in [6, 6.07) is 6.92. The van der Waals surface area contributed by atoms with E-state index in [-0.39, 0.29) is 23.6 Å². The Balaban J connectivity index is 0.000000488. The molecule has 144 valence electrons. The van der Waals surface area contributed by atoms with Crippen LogP contribution in [-0.2, 0) is 19.2 Å². The fraction of sp³-hybridized carbons (Fsp3) is 0.444. The van der Waals surface area contributed by atoms with Crippen LogP contribution in [0.3, 0.4) is 0 Å². The molecule has 0 spiro atoms. The summed E-state index contributed by atoms with van der Waals surface area (Å²) in [6.07, 6.45) is 1.81. The third-order valence-electron chi connectivity index (χ3n) is 2.88. The average Bonchev–Trinajstić information content (AvgIpc) is 2.52. The highest BCUT2D eigenvalue weighted by atomic mass is 16.2. The number of unbranched alkanes of at least 4 members (excludes halogenated alkanes) is 1. The molecule has 0 aliphatic carbocycles. The number of benzene rings is 1. The normalized spacial score (nSPS) is 9.23. The fourth-order valence-corrected chi connectivity index (χ4v) is 1.82. The Morgan fingerprint density at radius 3 is 1.15 bits per heavy atom. The van der Waals surface area contributed by atoms with Gasteiger partial charge in [-0.3, -0.25) is 19.2 Å². The lowest BCUT2D eigenvalue weighted by atomic mass is 10.3. The van der Waals surface area contributed by atoms with Gasteiger partial charge in [-0.2, -0.15) is 0 Å². The van der Waals surface area contributed by atoms with Gasteiger partial charge in [0.1, 0.15) is 0 Å². The van der Waals surface area contributed by atoms with Gasteiger partial charge in [0.15, 0.2) is 0 Å². The van der Waals surface area contributed by atoms with Crippen LogP contribution in [0.5, 0.6) is 0 Å². The molecule has 0 atom stereocenters. The highest BCUT2D eigenvalue weighted by Crippen LogP contribution is 2.13. The first-order valence-electron chi connectivity index (χ1n) is 8.34. The van der Waals surface area contributed by atoms with E-state index in [1.165, 1.54) is 27.7 Å². The van der Waals surface area contributed by atoms with E-state index in [9.17, 15) is 19.2 Å². The Hall–Kier alpha value is -2.90. The van der Waals surface area contributed by atoms with Crippen LogP contribution in [0, 0.1) is 0 Å². The molecule has 1 aromatic rings. The van der Waals surface area contributed by atoms with Crippen molar-refractivity contribution in [1.82, 2.24) is 10.6 Å². The molecule has 0 saturated heterocycles.